The molecule has 1 N–H and O–H groups in total. The van der Waals surface area contributed by atoms with Gasteiger partial charge in [0.1, 0.15) is 6.29 Å². The topological polar surface area (TPSA) is 54.4 Å². The molecule has 0 bridgehead atoms. The van der Waals surface area contributed by atoms with Crippen LogP contribution < -0.4 is 0 Å². The number of aldehydes is 1. The van der Waals surface area contributed by atoms with Crippen molar-refractivity contribution in [1.29, 1.82) is 0 Å². The molecule has 3 nitrogen and oxygen atoms in total. The second-order valence-corrected chi connectivity index (χ2v) is 4.04. The Morgan fingerprint density at radius 2 is 1.83 bits per heavy atom. The summed E-state index contributed by atoms with van der Waals surface area (Å²) in [5.74, 6) is -0.995. The maximum absolute atomic E-state index is 11.2. The molecule has 0 radical (unpaired) electrons. The number of aryl methyl sites for hydroxylation is 1. The van der Waals surface area contributed by atoms with Gasteiger partial charge in [-0.2, -0.15) is 0 Å². The van der Waals surface area contributed by atoms with Crippen LogP contribution in [0.25, 0.3) is 11.1 Å². The van der Waals surface area contributed by atoms with Crippen LogP contribution in [0.5, 0.6) is 0 Å². The number of hydrogen-bond acceptors (Lipinski definition) is 2. The van der Waals surface area contributed by atoms with E-state index < -0.39 is 5.97 Å². The van der Waals surface area contributed by atoms with Crippen LogP contribution in [0.2, 0.25) is 0 Å². The predicted octanol–water partition coefficient (Wildman–Crippen LogP) is 3.17. The van der Waals surface area contributed by atoms with E-state index in [-0.39, 0.29) is 5.56 Å². The zero-order valence-corrected chi connectivity index (χ0v) is 9.88. The van der Waals surface area contributed by atoms with Gasteiger partial charge in [0.15, 0.2) is 0 Å². The molecule has 90 valence electrons. The quantitative estimate of drug-likeness (QED) is 0.838. The van der Waals surface area contributed by atoms with E-state index in [1.54, 1.807) is 6.07 Å². The molecule has 0 saturated carbocycles. The zero-order valence-electron chi connectivity index (χ0n) is 9.88. The van der Waals surface area contributed by atoms with Crippen LogP contribution in [-0.2, 0) is 0 Å². The molecule has 0 amide bonds. The number of carboxylic acid groups (broad SMARTS) is 1. The summed E-state index contributed by atoms with van der Waals surface area (Å²) < 4.78 is 0. The van der Waals surface area contributed by atoms with Crippen molar-refractivity contribution >= 4 is 12.3 Å². The van der Waals surface area contributed by atoms with E-state index in [4.69, 9.17) is 0 Å². The molecule has 0 aromatic heterocycles. The first-order chi connectivity index (χ1) is 8.63. The van der Waals surface area contributed by atoms with Crippen molar-refractivity contribution in [3.63, 3.8) is 0 Å². The Balaban J connectivity index is 2.71. The van der Waals surface area contributed by atoms with Crippen LogP contribution in [0.4, 0.5) is 0 Å². The molecule has 2 rings (SSSR count). The summed E-state index contributed by atoms with van der Waals surface area (Å²) in [4.78, 5) is 22.0. The number of carboxylic acids is 1. The standard InChI is InChI=1S/C15H12O3/c1-10-4-2-3-5-12(10)14-8-11(9-16)6-7-13(14)15(17)18/h2-9H,1H3,(H,17,18). The summed E-state index contributed by atoms with van der Waals surface area (Å²) in [6.45, 7) is 1.91. The van der Waals surface area contributed by atoms with Crippen LogP contribution in [0.1, 0.15) is 26.3 Å². The normalized spacial score (nSPS) is 10.1. The van der Waals surface area contributed by atoms with Crippen molar-refractivity contribution in [2.24, 2.45) is 0 Å². The van der Waals surface area contributed by atoms with Crippen LogP contribution in [0.15, 0.2) is 42.5 Å². The van der Waals surface area contributed by atoms with Crippen LogP contribution in [-0.4, -0.2) is 17.4 Å². The number of hydrogen-bond donors (Lipinski definition) is 1. The highest BCUT2D eigenvalue weighted by Gasteiger charge is 2.13. The molecule has 18 heavy (non-hydrogen) atoms. The van der Waals surface area contributed by atoms with Gasteiger partial charge in [-0.1, -0.05) is 30.3 Å². The fourth-order valence-electron chi connectivity index (χ4n) is 1.92. The zero-order chi connectivity index (χ0) is 13.1. The number of carbonyl (C=O) groups excluding carboxylic acids is 1. The molecule has 2 aromatic carbocycles. The first kappa shape index (κ1) is 12.0. The van der Waals surface area contributed by atoms with Crippen molar-refractivity contribution in [2.45, 2.75) is 6.92 Å². The third-order valence-electron chi connectivity index (χ3n) is 2.85. The average molecular weight is 240 g/mol. The molecule has 0 saturated heterocycles. The van der Waals surface area contributed by atoms with Crippen molar-refractivity contribution in [3.05, 3.63) is 59.2 Å². The lowest BCUT2D eigenvalue weighted by Crippen LogP contribution is -2.01. The van der Waals surface area contributed by atoms with Gasteiger partial charge in [0, 0.05) is 5.56 Å². The highest BCUT2D eigenvalue weighted by molar-refractivity contribution is 5.98. The van der Waals surface area contributed by atoms with Crippen LogP contribution in [0.3, 0.4) is 0 Å². The van der Waals surface area contributed by atoms with Gasteiger partial charge < -0.3 is 5.11 Å². The van der Waals surface area contributed by atoms with E-state index in [1.807, 2.05) is 31.2 Å². The minimum Gasteiger partial charge on any atom is -0.478 e. The Bertz CT molecular complexity index is 615. The van der Waals surface area contributed by atoms with Gasteiger partial charge in [-0.15, -0.1) is 0 Å². The predicted molar refractivity (Wildman–Crippen MR) is 69.0 cm³/mol. The fraction of sp³-hybridized carbons (Fsp3) is 0.0667. The molecular weight excluding hydrogens is 228 g/mol. The Kier molecular flexibility index (Phi) is 3.24. The molecule has 0 unspecified atom stereocenters. The fourth-order valence-corrected chi connectivity index (χ4v) is 1.92. The number of rotatable bonds is 3. The van der Waals surface area contributed by atoms with Gasteiger partial charge >= 0.3 is 5.97 Å². The van der Waals surface area contributed by atoms with Gasteiger partial charge in [-0.3, -0.25) is 4.79 Å². The highest BCUT2D eigenvalue weighted by atomic mass is 16.4. The van der Waals surface area contributed by atoms with Crippen molar-refractivity contribution in [3.8, 4) is 11.1 Å². The first-order valence-electron chi connectivity index (χ1n) is 5.52. The molecular formula is C15H12O3. The Hall–Kier alpha value is -2.42. The Morgan fingerprint density at radius 3 is 2.44 bits per heavy atom. The number of carbonyl (C=O) groups is 2. The van der Waals surface area contributed by atoms with E-state index in [2.05, 4.69) is 0 Å². The highest BCUT2D eigenvalue weighted by Crippen LogP contribution is 2.27. The summed E-state index contributed by atoms with van der Waals surface area (Å²) in [6, 6.07) is 12.1. The summed E-state index contributed by atoms with van der Waals surface area (Å²) in [6.07, 6.45) is 0.716. The first-order valence-corrected chi connectivity index (χ1v) is 5.52. The van der Waals surface area contributed by atoms with E-state index in [1.165, 1.54) is 12.1 Å². The number of aromatic carboxylic acids is 1. The molecule has 0 aliphatic carbocycles. The Morgan fingerprint density at radius 1 is 1.11 bits per heavy atom. The third-order valence-corrected chi connectivity index (χ3v) is 2.85. The second kappa shape index (κ2) is 4.84. The minimum absolute atomic E-state index is 0.204. The molecule has 0 aliphatic heterocycles. The lowest BCUT2D eigenvalue weighted by atomic mass is 9.94. The smallest absolute Gasteiger partial charge is 0.336 e. The van der Waals surface area contributed by atoms with Crippen molar-refractivity contribution in [1.82, 2.24) is 0 Å². The van der Waals surface area contributed by atoms with Gasteiger partial charge in [0.2, 0.25) is 0 Å². The van der Waals surface area contributed by atoms with Crippen molar-refractivity contribution < 1.29 is 14.7 Å². The summed E-state index contributed by atoms with van der Waals surface area (Å²) in [7, 11) is 0. The summed E-state index contributed by atoms with van der Waals surface area (Å²) in [5, 5.41) is 9.19. The monoisotopic (exact) mass is 240 g/mol. The van der Waals surface area contributed by atoms with E-state index in [0.29, 0.717) is 17.4 Å². The van der Waals surface area contributed by atoms with Crippen LogP contribution >= 0.6 is 0 Å². The van der Waals surface area contributed by atoms with Crippen LogP contribution in [0, 0.1) is 6.92 Å². The molecule has 0 fully saturated rings. The number of benzene rings is 2. The molecule has 0 aliphatic rings. The summed E-state index contributed by atoms with van der Waals surface area (Å²) >= 11 is 0. The maximum Gasteiger partial charge on any atom is 0.336 e. The largest absolute Gasteiger partial charge is 0.478 e. The Labute approximate surface area is 105 Å². The lowest BCUT2D eigenvalue weighted by Gasteiger charge is -2.09. The van der Waals surface area contributed by atoms with E-state index in [9.17, 15) is 14.7 Å². The average Bonchev–Trinajstić information content (AvgIpc) is 2.38. The minimum atomic E-state index is -0.995. The molecule has 0 heterocycles. The van der Waals surface area contributed by atoms with Gasteiger partial charge in [-0.05, 0) is 35.7 Å². The van der Waals surface area contributed by atoms with Gasteiger partial charge in [-0.25, -0.2) is 4.79 Å². The van der Waals surface area contributed by atoms with Crippen molar-refractivity contribution in [2.75, 3.05) is 0 Å². The molecule has 0 spiro atoms. The molecule has 3 heteroatoms. The summed E-state index contributed by atoms with van der Waals surface area (Å²) in [5.41, 5.74) is 3.06. The SMILES string of the molecule is Cc1ccccc1-c1cc(C=O)ccc1C(=O)O. The molecule has 2 aromatic rings. The molecule has 0 atom stereocenters. The van der Waals surface area contributed by atoms with E-state index >= 15 is 0 Å². The van der Waals surface area contributed by atoms with E-state index in [0.717, 1.165) is 11.1 Å². The van der Waals surface area contributed by atoms with Gasteiger partial charge in [0.05, 0.1) is 5.56 Å². The second-order valence-electron chi connectivity index (χ2n) is 4.04. The maximum atomic E-state index is 11.2. The third kappa shape index (κ3) is 2.15. The lowest BCUT2D eigenvalue weighted by molar-refractivity contribution is 0.0697. The van der Waals surface area contributed by atoms with Gasteiger partial charge in [0.25, 0.3) is 0 Å².